The molecule has 0 radical (unpaired) electrons. The predicted molar refractivity (Wildman–Crippen MR) is 85.3 cm³/mol. The van der Waals surface area contributed by atoms with Crippen LogP contribution in [-0.4, -0.2) is 18.7 Å². The van der Waals surface area contributed by atoms with E-state index in [4.69, 9.17) is 4.74 Å². The van der Waals surface area contributed by atoms with Gasteiger partial charge < -0.3 is 10.1 Å². The molecule has 1 aromatic rings. The van der Waals surface area contributed by atoms with Crippen molar-refractivity contribution in [3.8, 4) is 5.75 Å². The van der Waals surface area contributed by atoms with Crippen LogP contribution < -0.4 is 10.1 Å². The average Bonchev–Trinajstić information content (AvgIpc) is 2.77. The molecule has 1 atom stereocenters. The van der Waals surface area contributed by atoms with Crippen molar-refractivity contribution < 1.29 is 4.74 Å². The van der Waals surface area contributed by atoms with Crippen molar-refractivity contribution in [2.24, 2.45) is 11.8 Å². The van der Waals surface area contributed by atoms with Crippen LogP contribution in [-0.2, 0) is 6.42 Å². The van der Waals surface area contributed by atoms with Crippen LogP contribution in [0.5, 0.6) is 5.75 Å². The zero-order valence-electron chi connectivity index (χ0n) is 13.4. The normalized spacial score (nSPS) is 17.9. The van der Waals surface area contributed by atoms with Gasteiger partial charge in [-0.15, -0.1) is 0 Å². The van der Waals surface area contributed by atoms with Crippen molar-refractivity contribution in [3.05, 3.63) is 29.8 Å². The number of hydrogen-bond donors (Lipinski definition) is 1. The van der Waals surface area contributed by atoms with Crippen LogP contribution in [0.4, 0.5) is 0 Å². The predicted octanol–water partition coefficient (Wildman–Crippen LogP) is 4.04. The lowest BCUT2D eigenvalue weighted by molar-refractivity contribution is 0.213. The summed E-state index contributed by atoms with van der Waals surface area (Å²) in [5.74, 6) is 2.56. The largest absolute Gasteiger partial charge is 0.488 e. The second-order valence-electron chi connectivity index (χ2n) is 6.92. The molecule has 1 unspecified atom stereocenters. The highest BCUT2D eigenvalue weighted by atomic mass is 16.5. The van der Waals surface area contributed by atoms with Crippen LogP contribution in [0.1, 0.15) is 46.1 Å². The van der Waals surface area contributed by atoms with Gasteiger partial charge in [0, 0.05) is 19.0 Å². The first kappa shape index (κ1) is 15.4. The van der Waals surface area contributed by atoms with Gasteiger partial charge in [-0.2, -0.15) is 0 Å². The fourth-order valence-electron chi connectivity index (χ4n) is 3.07. The first-order chi connectivity index (χ1) is 9.54. The van der Waals surface area contributed by atoms with Crippen molar-refractivity contribution in [2.45, 2.75) is 59.1 Å². The lowest BCUT2D eigenvalue weighted by Crippen LogP contribution is -2.39. The molecular formula is C18H29NO. The van der Waals surface area contributed by atoms with Gasteiger partial charge in [0.1, 0.15) is 11.9 Å². The quantitative estimate of drug-likeness (QED) is 0.811. The lowest BCUT2D eigenvalue weighted by Gasteiger charge is -2.24. The number of nitrogens with one attached hydrogen (secondary N) is 1. The maximum Gasteiger partial charge on any atom is 0.123 e. The summed E-state index contributed by atoms with van der Waals surface area (Å²) in [6.45, 7) is 10.2. The molecule has 112 valence electrons. The molecule has 2 nitrogen and oxygen atoms in total. The Bertz CT molecular complexity index is 379. The van der Waals surface area contributed by atoms with Crippen molar-refractivity contribution in [1.82, 2.24) is 5.32 Å². The van der Waals surface area contributed by atoms with Gasteiger partial charge in [-0.1, -0.05) is 45.9 Å². The van der Waals surface area contributed by atoms with Gasteiger partial charge in [0.05, 0.1) is 0 Å². The molecular weight excluding hydrogens is 246 g/mol. The molecule has 0 saturated heterocycles. The van der Waals surface area contributed by atoms with E-state index in [1.807, 2.05) is 0 Å². The summed E-state index contributed by atoms with van der Waals surface area (Å²) in [4.78, 5) is 0. The number of rotatable bonds is 7. The highest BCUT2D eigenvalue weighted by Gasteiger charge is 2.23. The minimum absolute atomic E-state index is 0.300. The highest BCUT2D eigenvalue weighted by Crippen LogP contribution is 2.28. The molecule has 0 aromatic heterocycles. The average molecular weight is 275 g/mol. The van der Waals surface area contributed by atoms with E-state index in [9.17, 15) is 0 Å². The van der Waals surface area contributed by atoms with Crippen molar-refractivity contribution in [3.63, 3.8) is 0 Å². The Balaban J connectivity index is 1.81. The zero-order chi connectivity index (χ0) is 14.5. The van der Waals surface area contributed by atoms with Gasteiger partial charge in [0.2, 0.25) is 0 Å². The van der Waals surface area contributed by atoms with Crippen molar-refractivity contribution in [1.29, 1.82) is 0 Å². The van der Waals surface area contributed by atoms with E-state index in [-0.39, 0.29) is 0 Å². The van der Waals surface area contributed by atoms with Crippen LogP contribution in [0.15, 0.2) is 24.3 Å². The number of fused-ring (bicyclic) bond motifs is 1. The Labute approximate surface area is 123 Å². The van der Waals surface area contributed by atoms with Crippen LogP contribution >= 0.6 is 0 Å². The molecule has 1 aliphatic rings. The summed E-state index contributed by atoms with van der Waals surface area (Å²) in [6, 6.07) is 9.01. The van der Waals surface area contributed by atoms with Crippen LogP contribution in [0.3, 0.4) is 0 Å². The maximum absolute atomic E-state index is 6.00. The fourth-order valence-corrected chi connectivity index (χ4v) is 3.07. The number of hydrogen-bond acceptors (Lipinski definition) is 2. The SMILES string of the molecule is CC(C)CC(CC(C)C)NCC1Cc2ccccc2O1. The third-order valence-corrected chi connectivity index (χ3v) is 3.86. The van der Waals surface area contributed by atoms with Gasteiger partial charge >= 0.3 is 0 Å². The van der Waals surface area contributed by atoms with E-state index in [2.05, 4.69) is 57.3 Å². The summed E-state index contributed by atoms with van der Waals surface area (Å²) in [5.41, 5.74) is 1.35. The van der Waals surface area contributed by atoms with Crippen LogP contribution in [0.25, 0.3) is 0 Å². The monoisotopic (exact) mass is 275 g/mol. The molecule has 1 N–H and O–H groups in total. The second kappa shape index (κ2) is 7.12. The molecule has 0 spiro atoms. The Hall–Kier alpha value is -1.02. The summed E-state index contributed by atoms with van der Waals surface area (Å²) in [5, 5.41) is 3.73. The van der Waals surface area contributed by atoms with Gasteiger partial charge in [0.25, 0.3) is 0 Å². The van der Waals surface area contributed by atoms with Crippen molar-refractivity contribution >= 4 is 0 Å². The molecule has 0 aliphatic carbocycles. The molecule has 1 aliphatic heterocycles. The summed E-state index contributed by atoms with van der Waals surface area (Å²) >= 11 is 0. The van der Waals surface area contributed by atoms with Gasteiger partial charge in [-0.3, -0.25) is 0 Å². The molecule has 1 heterocycles. The van der Waals surface area contributed by atoms with E-state index in [0.29, 0.717) is 12.1 Å². The second-order valence-corrected chi connectivity index (χ2v) is 6.92. The van der Waals surface area contributed by atoms with Gasteiger partial charge in [-0.25, -0.2) is 0 Å². The molecule has 0 amide bonds. The maximum atomic E-state index is 6.00. The molecule has 0 fully saturated rings. The highest BCUT2D eigenvalue weighted by molar-refractivity contribution is 5.37. The van der Waals surface area contributed by atoms with E-state index < -0.39 is 0 Å². The topological polar surface area (TPSA) is 21.3 Å². The molecule has 1 aromatic carbocycles. The Morgan fingerprint density at radius 2 is 1.75 bits per heavy atom. The number of para-hydroxylation sites is 1. The fraction of sp³-hybridized carbons (Fsp3) is 0.667. The smallest absolute Gasteiger partial charge is 0.123 e. The standard InChI is InChI=1S/C18H29NO/c1-13(2)9-16(10-14(3)4)19-12-17-11-15-7-5-6-8-18(15)20-17/h5-8,13-14,16-17,19H,9-12H2,1-4H3. The summed E-state index contributed by atoms with van der Waals surface area (Å²) < 4.78 is 6.00. The number of benzene rings is 1. The molecule has 0 saturated carbocycles. The van der Waals surface area contributed by atoms with Gasteiger partial charge in [-0.05, 0) is 36.3 Å². The minimum Gasteiger partial charge on any atom is -0.488 e. The Morgan fingerprint density at radius 3 is 2.35 bits per heavy atom. The van der Waals surface area contributed by atoms with Crippen molar-refractivity contribution in [2.75, 3.05) is 6.54 Å². The molecule has 0 bridgehead atoms. The third-order valence-electron chi connectivity index (χ3n) is 3.86. The Kier molecular flexibility index (Phi) is 5.47. The van der Waals surface area contributed by atoms with Crippen LogP contribution in [0, 0.1) is 11.8 Å². The first-order valence-electron chi connectivity index (χ1n) is 8.02. The van der Waals surface area contributed by atoms with Crippen LogP contribution in [0.2, 0.25) is 0 Å². The zero-order valence-corrected chi connectivity index (χ0v) is 13.4. The minimum atomic E-state index is 0.300. The summed E-state index contributed by atoms with van der Waals surface area (Å²) in [6.07, 6.45) is 3.84. The van der Waals surface area contributed by atoms with E-state index >= 15 is 0 Å². The Morgan fingerprint density at radius 1 is 1.10 bits per heavy atom. The van der Waals surface area contributed by atoms with E-state index in [0.717, 1.165) is 30.6 Å². The molecule has 20 heavy (non-hydrogen) atoms. The first-order valence-corrected chi connectivity index (χ1v) is 8.02. The lowest BCUT2D eigenvalue weighted by atomic mass is 9.95. The van der Waals surface area contributed by atoms with Gasteiger partial charge in [0.15, 0.2) is 0 Å². The third kappa shape index (κ3) is 4.52. The molecule has 2 heteroatoms. The summed E-state index contributed by atoms with van der Waals surface area (Å²) in [7, 11) is 0. The van der Waals surface area contributed by atoms with E-state index in [1.165, 1.54) is 18.4 Å². The number of ether oxygens (including phenoxy) is 1. The van der Waals surface area contributed by atoms with E-state index in [1.54, 1.807) is 0 Å². The molecule has 2 rings (SSSR count).